The molecule has 0 spiro atoms. The van der Waals surface area contributed by atoms with Crippen molar-refractivity contribution in [3.05, 3.63) is 218 Å². The minimum Gasteiger partial charge on any atom is -0.456 e. The third-order valence-electron chi connectivity index (χ3n) is 11.9. The molecule has 3 aromatic heterocycles. The summed E-state index contributed by atoms with van der Waals surface area (Å²) in [5, 5.41) is 5.37. The summed E-state index contributed by atoms with van der Waals surface area (Å²) in [6.07, 6.45) is 0. The SMILES string of the molecule is c1ccc(-c2ccc(-c3nc(-c4ccccc4)nc(-c4ccc(-c5c6c(cc7c(-c8ccc(-c9ccccc9)cc8)nc8ccccc8c57)oc5ccccc56)cc4)n3)cc2)cc1. The minimum absolute atomic E-state index is 0.602. The Labute approximate surface area is 363 Å². The fraction of sp³-hybridized carbons (Fsp3) is 0. The summed E-state index contributed by atoms with van der Waals surface area (Å²) in [5.41, 5.74) is 14.1. The first-order valence-electron chi connectivity index (χ1n) is 21.1. The van der Waals surface area contributed by atoms with E-state index < -0.39 is 0 Å². The lowest BCUT2D eigenvalue weighted by molar-refractivity contribution is 0.669. The van der Waals surface area contributed by atoms with Crippen LogP contribution in [-0.2, 0) is 0 Å². The molecule has 0 saturated heterocycles. The molecule has 0 aliphatic carbocycles. The molecule has 63 heavy (non-hydrogen) atoms. The molecular weight excluding hydrogens is 769 g/mol. The van der Waals surface area contributed by atoms with E-state index in [1.54, 1.807) is 0 Å². The van der Waals surface area contributed by atoms with Crippen molar-refractivity contribution in [1.29, 1.82) is 0 Å². The number of furan rings is 1. The summed E-state index contributed by atoms with van der Waals surface area (Å²) in [5.74, 6) is 1.84. The summed E-state index contributed by atoms with van der Waals surface area (Å²) in [6, 6.07) is 75.7. The van der Waals surface area contributed by atoms with E-state index in [2.05, 4.69) is 164 Å². The third-order valence-corrected chi connectivity index (χ3v) is 11.9. The lowest BCUT2D eigenvalue weighted by atomic mass is 9.89. The van der Waals surface area contributed by atoms with E-state index >= 15 is 0 Å². The lowest BCUT2D eigenvalue weighted by Crippen LogP contribution is -2.00. The quantitative estimate of drug-likeness (QED) is 0.150. The van der Waals surface area contributed by atoms with Gasteiger partial charge in [0.25, 0.3) is 0 Å². The van der Waals surface area contributed by atoms with E-state index in [0.717, 1.165) is 99.4 Å². The smallest absolute Gasteiger partial charge is 0.164 e. The van der Waals surface area contributed by atoms with Gasteiger partial charge in [-0.3, -0.25) is 0 Å². The molecule has 0 amide bonds. The van der Waals surface area contributed by atoms with Gasteiger partial charge in [-0.25, -0.2) is 19.9 Å². The Morgan fingerprint density at radius 2 is 0.683 bits per heavy atom. The summed E-state index contributed by atoms with van der Waals surface area (Å²) in [7, 11) is 0. The predicted molar refractivity (Wildman–Crippen MR) is 258 cm³/mol. The highest BCUT2D eigenvalue weighted by atomic mass is 16.3. The Bertz CT molecular complexity index is 3620. The lowest BCUT2D eigenvalue weighted by Gasteiger charge is -2.16. The molecule has 0 radical (unpaired) electrons. The van der Waals surface area contributed by atoms with Crippen molar-refractivity contribution < 1.29 is 4.42 Å². The van der Waals surface area contributed by atoms with Crippen molar-refractivity contribution in [2.75, 3.05) is 0 Å². The van der Waals surface area contributed by atoms with Crippen LogP contribution in [0.1, 0.15) is 0 Å². The van der Waals surface area contributed by atoms with Gasteiger partial charge in [-0.15, -0.1) is 0 Å². The van der Waals surface area contributed by atoms with Crippen LogP contribution in [-0.4, -0.2) is 19.9 Å². The van der Waals surface area contributed by atoms with E-state index in [1.165, 1.54) is 5.56 Å². The molecule has 9 aromatic carbocycles. The number of aromatic nitrogens is 4. The second kappa shape index (κ2) is 15.2. The second-order valence-corrected chi connectivity index (χ2v) is 15.8. The second-order valence-electron chi connectivity index (χ2n) is 15.8. The summed E-state index contributed by atoms with van der Waals surface area (Å²) in [6.45, 7) is 0. The monoisotopic (exact) mass is 804 g/mol. The number of para-hydroxylation sites is 2. The van der Waals surface area contributed by atoms with Gasteiger partial charge in [0.05, 0.1) is 11.2 Å². The van der Waals surface area contributed by atoms with Crippen LogP contribution in [0.25, 0.3) is 122 Å². The maximum absolute atomic E-state index is 6.68. The summed E-state index contributed by atoms with van der Waals surface area (Å²) in [4.78, 5) is 20.5. The number of nitrogens with zero attached hydrogens (tertiary/aromatic N) is 4. The van der Waals surface area contributed by atoms with E-state index in [4.69, 9.17) is 24.4 Å². The Morgan fingerprint density at radius 3 is 1.25 bits per heavy atom. The molecule has 0 aliphatic rings. The molecule has 0 atom stereocenters. The average molecular weight is 805 g/mol. The maximum atomic E-state index is 6.68. The van der Waals surface area contributed by atoms with E-state index in [1.807, 2.05) is 54.6 Å². The van der Waals surface area contributed by atoms with Crippen LogP contribution in [0.5, 0.6) is 0 Å². The number of fused-ring (bicyclic) bond motifs is 6. The first kappa shape index (κ1) is 36.3. The van der Waals surface area contributed by atoms with Crippen molar-refractivity contribution in [2.24, 2.45) is 0 Å². The molecule has 12 rings (SSSR count). The molecule has 294 valence electrons. The largest absolute Gasteiger partial charge is 0.456 e. The Morgan fingerprint density at radius 1 is 0.270 bits per heavy atom. The topological polar surface area (TPSA) is 64.7 Å². The zero-order valence-electron chi connectivity index (χ0n) is 34.0. The van der Waals surface area contributed by atoms with Crippen molar-refractivity contribution in [3.8, 4) is 78.8 Å². The first-order chi connectivity index (χ1) is 31.2. The van der Waals surface area contributed by atoms with Gasteiger partial charge in [0.15, 0.2) is 17.5 Å². The van der Waals surface area contributed by atoms with Crippen molar-refractivity contribution in [3.63, 3.8) is 0 Å². The highest BCUT2D eigenvalue weighted by molar-refractivity contribution is 6.27. The van der Waals surface area contributed by atoms with Crippen molar-refractivity contribution in [2.45, 2.75) is 0 Å². The fourth-order valence-electron chi connectivity index (χ4n) is 8.86. The molecule has 0 fully saturated rings. The van der Waals surface area contributed by atoms with E-state index in [-0.39, 0.29) is 0 Å². The number of pyridine rings is 1. The Kier molecular flexibility index (Phi) is 8.75. The highest BCUT2D eigenvalue weighted by Gasteiger charge is 2.22. The van der Waals surface area contributed by atoms with Crippen LogP contribution < -0.4 is 0 Å². The van der Waals surface area contributed by atoms with Crippen LogP contribution >= 0.6 is 0 Å². The third kappa shape index (κ3) is 6.51. The van der Waals surface area contributed by atoms with Gasteiger partial charge in [0.1, 0.15) is 11.2 Å². The summed E-state index contributed by atoms with van der Waals surface area (Å²) >= 11 is 0. The molecule has 12 aromatic rings. The van der Waals surface area contributed by atoms with Gasteiger partial charge < -0.3 is 4.42 Å². The number of rotatable bonds is 7. The molecular formula is C58H36N4O. The Balaban J connectivity index is 1.04. The van der Waals surface area contributed by atoms with Crippen molar-refractivity contribution in [1.82, 2.24) is 19.9 Å². The number of hydrogen-bond acceptors (Lipinski definition) is 5. The van der Waals surface area contributed by atoms with E-state index in [9.17, 15) is 0 Å². The minimum atomic E-state index is 0.602. The zero-order valence-corrected chi connectivity index (χ0v) is 34.0. The van der Waals surface area contributed by atoms with E-state index in [0.29, 0.717) is 17.5 Å². The Hall–Kier alpha value is -8.54. The van der Waals surface area contributed by atoms with Gasteiger partial charge in [-0.2, -0.15) is 0 Å². The van der Waals surface area contributed by atoms with Gasteiger partial charge in [-0.1, -0.05) is 200 Å². The zero-order chi connectivity index (χ0) is 41.7. The molecule has 0 N–H and O–H groups in total. The van der Waals surface area contributed by atoms with Gasteiger partial charge >= 0.3 is 0 Å². The van der Waals surface area contributed by atoms with Crippen molar-refractivity contribution >= 4 is 43.6 Å². The average Bonchev–Trinajstić information content (AvgIpc) is 3.74. The molecule has 0 aliphatic heterocycles. The standard InChI is InChI=1S/C58H36N4O/c1-4-14-37(15-5-1)39-24-30-42(31-25-39)55-48-36-51-54(47-21-11-13-23-50(47)63-51)52(53(48)46-20-10-12-22-49(46)59-55)41-28-34-45(35-29-41)58-61-56(43-18-8-3-9-19-43)60-57(62-58)44-32-26-40(27-33-44)38-16-6-2-7-17-38/h1-36H. The van der Waals surface area contributed by atoms with Crippen LogP contribution in [0.3, 0.4) is 0 Å². The molecule has 0 bridgehead atoms. The van der Waals surface area contributed by atoms with Crippen LogP contribution in [0.2, 0.25) is 0 Å². The molecule has 0 saturated carbocycles. The molecule has 3 heterocycles. The fourth-order valence-corrected chi connectivity index (χ4v) is 8.86. The number of hydrogen-bond donors (Lipinski definition) is 0. The molecule has 0 unspecified atom stereocenters. The van der Waals surface area contributed by atoms with Gasteiger partial charge in [-0.05, 0) is 46.0 Å². The molecule has 5 nitrogen and oxygen atoms in total. The van der Waals surface area contributed by atoms with Gasteiger partial charge in [0, 0.05) is 54.7 Å². The van der Waals surface area contributed by atoms with Gasteiger partial charge in [0.2, 0.25) is 0 Å². The first-order valence-corrected chi connectivity index (χ1v) is 21.1. The maximum Gasteiger partial charge on any atom is 0.164 e. The normalized spacial score (nSPS) is 11.5. The van der Waals surface area contributed by atoms with Crippen LogP contribution in [0.4, 0.5) is 0 Å². The summed E-state index contributed by atoms with van der Waals surface area (Å²) < 4.78 is 6.68. The highest BCUT2D eigenvalue weighted by Crippen LogP contribution is 2.46. The molecule has 5 heteroatoms. The van der Waals surface area contributed by atoms with Crippen LogP contribution in [0, 0.1) is 0 Å². The number of benzene rings is 9. The van der Waals surface area contributed by atoms with Crippen LogP contribution in [0.15, 0.2) is 223 Å². The predicted octanol–water partition coefficient (Wildman–Crippen LogP) is 15.1.